The van der Waals surface area contributed by atoms with E-state index in [9.17, 15) is 5.11 Å². The molecule has 3 aromatic rings. The molecule has 34 heavy (non-hydrogen) atoms. The van der Waals surface area contributed by atoms with Gasteiger partial charge in [-0.05, 0) is 71.8 Å². The van der Waals surface area contributed by atoms with Crippen molar-refractivity contribution in [1.82, 2.24) is 0 Å². The fraction of sp³-hybridized carbons (Fsp3) is 0.310. The first-order valence-corrected chi connectivity index (χ1v) is 11.7. The fourth-order valence-corrected chi connectivity index (χ4v) is 4.80. The van der Waals surface area contributed by atoms with Gasteiger partial charge in [0.05, 0.1) is 12.7 Å². The minimum atomic E-state index is -0.0766. The number of hydrogen-bond donors (Lipinski definition) is 1. The number of allylic oxidation sites excluding steroid dienone is 1. The second-order valence-corrected chi connectivity index (χ2v) is 8.85. The van der Waals surface area contributed by atoms with Crippen LogP contribution in [0.15, 0.2) is 60.7 Å². The minimum absolute atomic E-state index is 0.0127. The van der Waals surface area contributed by atoms with Crippen molar-refractivity contribution in [2.75, 3.05) is 13.9 Å². The molecule has 0 aromatic heterocycles. The van der Waals surface area contributed by atoms with Gasteiger partial charge in [-0.15, -0.1) is 0 Å². The summed E-state index contributed by atoms with van der Waals surface area (Å²) in [5, 5.41) is 10.1. The molecule has 176 valence electrons. The Bertz CT molecular complexity index is 1180. The molecule has 0 amide bonds. The highest BCUT2D eigenvalue weighted by Gasteiger charge is 2.28. The van der Waals surface area contributed by atoms with Crippen molar-refractivity contribution in [3.8, 4) is 17.2 Å². The van der Waals surface area contributed by atoms with Crippen LogP contribution in [0.2, 0.25) is 0 Å². The third-order valence-corrected chi connectivity index (χ3v) is 6.71. The van der Waals surface area contributed by atoms with Gasteiger partial charge in [-0.25, -0.2) is 0 Å². The van der Waals surface area contributed by atoms with Crippen LogP contribution >= 0.6 is 0 Å². The topological polar surface area (TPSA) is 57.2 Å². The zero-order valence-corrected chi connectivity index (χ0v) is 19.6. The van der Waals surface area contributed by atoms with Crippen molar-refractivity contribution in [2.45, 2.75) is 45.0 Å². The molecule has 0 bridgehead atoms. The summed E-state index contributed by atoms with van der Waals surface area (Å²) < 4.78 is 23.0. The Kier molecular flexibility index (Phi) is 6.57. The van der Waals surface area contributed by atoms with E-state index in [0.717, 1.165) is 52.2 Å². The van der Waals surface area contributed by atoms with Gasteiger partial charge < -0.3 is 24.1 Å². The summed E-state index contributed by atoms with van der Waals surface area (Å²) in [7, 11) is 1.76. The molecule has 2 aliphatic rings. The zero-order valence-electron chi connectivity index (χ0n) is 19.6. The van der Waals surface area contributed by atoms with Crippen LogP contribution < -0.4 is 14.2 Å². The lowest BCUT2D eigenvalue weighted by atomic mass is 9.79. The van der Waals surface area contributed by atoms with Gasteiger partial charge in [0, 0.05) is 18.6 Å². The monoisotopic (exact) mass is 458 g/mol. The molecule has 1 aliphatic heterocycles. The maximum absolute atomic E-state index is 10.1. The van der Waals surface area contributed by atoms with Gasteiger partial charge in [0.2, 0.25) is 6.79 Å². The Hall–Kier alpha value is -3.28. The molecular weight excluding hydrogens is 428 g/mol. The number of hydrogen-bond acceptors (Lipinski definition) is 5. The van der Waals surface area contributed by atoms with Crippen LogP contribution in [0.5, 0.6) is 17.2 Å². The fourth-order valence-electron chi connectivity index (χ4n) is 4.80. The van der Waals surface area contributed by atoms with Crippen molar-refractivity contribution in [2.24, 2.45) is 0 Å². The van der Waals surface area contributed by atoms with Gasteiger partial charge in [-0.1, -0.05) is 42.5 Å². The SMILES string of the molecule is COC1CCC(/C=C/c2cc3c(cc2C)OCO3)c2cc(CO)c(OCc3ccccc3)cc21. The molecule has 3 aromatic carbocycles. The number of benzene rings is 3. The first-order chi connectivity index (χ1) is 16.7. The van der Waals surface area contributed by atoms with Gasteiger partial charge in [0.15, 0.2) is 11.5 Å². The third kappa shape index (κ3) is 4.54. The Morgan fingerprint density at radius 3 is 2.56 bits per heavy atom. The summed E-state index contributed by atoms with van der Waals surface area (Å²) in [6.45, 7) is 2.73. The van der Waals surface area contributed by atoms with Crippen molar-refractivity contribution < 1.29 is 24.1 Å². The molecule has 0 saturated carbocycles. The van der Waals surface area contributed by atoms with Crippen LogP contribution in [0.4, 0.5) is 0 Å². The molecule has 2 atom stereocenters. The Labute approximate surface area is 200 Å². The van der Waals surface area contributed by atoms with E-state index < -0.39 is 0 Å². The molecular formula is C29H30O5. The molecule has 0 radical (unpaired) electrons. The number of methoxy groups -OCH3 is 1. The lowest BCUT2D eigenvalue weighted by Gasteiger charge is -2.31. The molecule has 5 heteroatoms. The van der Waals surface area contributed by atoms with E-state index in [4.69, 9.17) is 18.9 Å². The molecule has 5 nitrogen and oxygen atoms in total. The second kappa shape index (κ2) is 9.92. The normalized spacial score (nSPS) is 18.8. The Balaban J connectivity index is 1.44. The summed E-state index contributed by atoms with van der Waals surface area (Å²) in [6.07, 6.45) is 6.33. The Morgan fingerprint density at radius 1 is 1.00 bits per heavy atom. The average molecular weight is 459 g/mol. The molecule has 1 N–H and O–H groups in total. The smallest absolute Gasteiger partial charge is 0.231 e. The molecule has 2 unspecified atom stereocenters. The van der Waals surface area contributed by atoms with Crippen molar-refractivity contribution in [3.63, 3.8) is 0 Å². The molecule has 0 spiro atoms. The van der Waals surface area contributed by atoms with Crippen molar-refractivity contribution in [3.05, 3.63) is 94.1 Å². The van der Waals surface area contributed by atoms with E-state index in [1.807, 2.05) is 42.5 Å². The first-order valence-electron chi connectivity index (χ1n) is 11.7. The van der Waals surface area contributed by atoms with E-state index in [-0.39, 0.29) is 25.4 Å². The molecule has 1 heterocycles. The van der Waals surface area contributed by atoms with Crippen molar-refractivity contribution >= 4 is 6.08 Å². The van der Waals surface area contributed by atoms with E-state index in [1.165, 1.54) is 5.56 Å². The number of aryl methyl sites for hydroxylation is 1. The van der Waals surface area contributed by atoms with Gasteiger partial charge >= 0.3 is 0 Å². The van der Waals surface area contributed by atoms with Crippen molar-refractivity contribution in [1.29, 1.82) is 0 Å². The third-order valence-electron chi connectivity index (χ3n) is 6.71. The highest BCUT2D eigenvalue weighted by molar-refractivity contribution is 5.62. The predicted molar refractivity (Wildman–Crippen MR) is 131 cm³/mol. The van der Waals surface area contributed by atoms with Crippen LogP contribution in [-0.4, -0.2) is 19.0 Å². The van der Waals surface area contributed by atoms with E-state index in [2.05, 4.69) is 31.2 Å². The van der Waals surface area contributed by atoms with Gasteiger partial charge in [0.25, 0.3) is 0 Å². The van der Waals surface area contributed by atoms with Crippen LogP contribution in [0, 0.1) is 6.92 Å². The largest absolute Gasteiger partial charge is 0.489 e. The molecule has 0 fully saturated rings. The first kappa shape index (κ1) is 22.5. The predicted octanol–water partition coefficient (Wildman–Crippen LogP) is 6.07. The summed E-state index contributed by atoms with van der Waals surface area (Å²) >= 11 is 0. The van der Waals surface area contributed by atoms with Crippen LogP contribution in [0.3, 0.4) is 0 Å². The summed E-state index contributed by atoms with van der Waals surface area (Å²) in [5.41, 5.74) is 6.46. The second-order valence-electron chi connectivity index (χ2n) is 8.85. The lowest BCUT2D eigenvalue weighted by Crippen LogP contribution is -2.16. The summed E-state index contributed by atoms with van der Waals surface area (Å²) in [5.74, 6) is 2.52. The van der Waals surface area contributed by atoms with Gasteiger partial charge in [0.1, 0.15) is 12.4 Å². The van der Waals surface area contributed by atoms with E-state index in [0.29, 0.717) is 12.4 Å². The number of rotatable bonds is 7. The average Bonchev–Trinajstić information content (AvgIpc) is 3.33. The maximum atomic E-state index is 10.1. The van der Waals surface area contributed by atoms with Gasteiger partial charge in [-0.3, -0.25) is 0 Å². The Morgan fingerprint density at radius 2 is 1.79 bits per heavy atom. The highest BCUT2D eigenvalue weighted by atomic mass is 16.7. The summed E-state index contributed by atoms with van der Waals surface area (Å²) in [6, 6.07) is 18.3. The minimum Gasteiger partial charge on any atom is -0.489 e. The van der Waals surface area contributed by atoms with Gasteiger partial charge in [-0.2, -0.15) is 0 Å². The molecule has 1 aliphatic carbocycles. The lowest BCUT2D eigenvalue weighted by molar-refractivity contribution is 0.0858. The van der Waals surface area contributed by atoms with Crippen LogP contribution in [0.25, 0.3) is 6.08 Å². The highest BCUT2D eigenvalue weighted by Crippen LogP contribution is 2.43. The summed E-state index contributed by atoms with van der Waals surface area (Å²) in [4.78, 5) is 0. The number of fused-ring (bicyclic) bond motifs is 2. The number of aliphatic hydroxyl groups excluding tert-OH is 1. The molecule has 5 rings (SSSR count). The van der Waals surface area contributed by atoms with E-state index in [1.54, 1.807) is 7.11 Å². The number of ether oxygens (including phenoxy) is 4. The quantitative estimate of drug-likeness (QED) is 0.465. The number of aliphatic hydroxyl groups is 1. The molecule has 0 saturated heterocycles. The van der Waals surface area contributed by atoms with E-state index >= 15 is 0 Å². The zero-order chi connectivity index (χ0) is 23.5. The van der Waals surface area contributed by atoms with Crippen LogP contribution in [0.1, 0.15) is 58.2 Å². The standard InChI is InChI=1S/C29H30O5/c1-19-12-28-29(34-18-33-28)14-22(19)9-8-21-10-11-26(31-2)25-15-27(23(16-30)13-24(21)25)32-17-20-6-4-3-5-7-20/h3-9,12-15,21,26,30H,10-11,16-18H2,1-2H3/b9-8+. The maximum Gasteiger partial charge on any atom is 0.231 e. The van der Waals surface area contributed by atoms with Crippen LogP contribution in [-0.2, 0) is 18.0 Å².